The second kappa shape index (κ2) is 6.25. The summed E-state index contributed by atoms with van der Waals surface area (Å²) in [7, 11) is 0. The van der Waals surface area contributed by atoms with E-state index in [0.717, 1.165) is 17.1 Å². The third kappa shape index (κ3) is 3.18. The van der Waals surface area contributed by atoms with Crippen LogP contribution in [0, 0.1) is 0 Å². The maximum absolute atomic E-state index is 5.99. The number of halogens is 1. The van der Waals surface area contributed by atoms with Crippen molar-refractivity contribution in [3.63, 3.8) is 0 Å². The summed E-state index contributed by atoms with van der Waals surface area (Å²) in [5.74, 6) is 2.78. The predicted octanol–water partition coefficient (Wildman–Crippen LogP) is 4.35. The molecule has 6 nitrogen and oxygen atoms in total. The molecular formula is C17H13ClN4O2. The summed E-state index contributed by atoms with van der Waals surface area (Å²) in [5.41, 5.74) is 1.71. The smallest absolute Gasteiger partial charge is 0.231 e. The van der Waals surface area contributed by atoms with E-state index in [4.69, 9.17) is 21.1 Å². The van der Waals surface area contributed by atoms with E-state index in [1.165, 1.54) is 6.33 Å². The number of nitrogens with one attached hydrogen (secondary N) is 2. The molecule has 1 aliphatic rings. The minimum atomic E-state index is 0.250. The first-order valence-corrected chi connectivity index (χ1v) is 7.65. The van der Waals surface area contributed by atoms with Crippen molar-refractivity contribution in [2.24, 2.45) is 0 Å². The Morgan fingerprint density at radius 3 is 2.38 bits per heavy atom. The molecule has 0 unspecified atom stereocenters. The molecule has 0 spiro atoms. The molecule has 0 saturated heterocycles. The Kier molecular flexibility index (Phi) is 3.80. The average molecular weight is 341 g/mol. The zero-order chi connectivity index (χ0) is 16.4. The molecule has 120 valence electrons. The molecule has 0 fully saturated rings. The number of hydrogen-bond donors (Lipinski definition) is 2. The van der Waals surface area contributed by atoms with Crippen LogP contribution in [0.4, 0.5) is 23.0 Å². The van der Waals surface area contributed by atoms with E-state index < -0.39 is 0 Å². The Bertz CT molecular complexity index is 888. The van der Waals surface area contributed by atoms with Crippen LogP contribution < -0.4 is 20.1 Å². The Labute approximate surface area is 143 Å². The fraction of sp³-hybridized carbons (Fsp3) is 0.0588. The lowest BCUT2D eigenvalue weighted by molar-refractivity contribution is 0.174. The van der Waals surface area contributed by atoms with Crippen molar-refractivity contribution in [3.05, 3.63) is 59.9 Å². The molecule has 0 atom stereocenters. The van der Waals surface area contributed by atoms with Crippen molar-refractivity contribution in [2.75, 3.05) is 17.4 Å². The summed E-state index contributed by atoms with van der Waals surface area (Å²) >= 11 is 5.99. The van der Waals surface area contributed by atoms with Crippen molar-refractivity contribution in [1.82, 2.24) is 9.97 Å². The molecule has 24 heavy (non-hydrogen) atoms. The highest BCUT2D eigenvalue weighted by Crippen LogP contribution is 2.35. The van der Waals surface area contributed by atoms with Gasteiger partial charge < -0.3 is 20.1 Å². The van der Waals surface area contributed by atoms with E-state index in [2.05, 4.69) is 20.6 Å². The van der Waals surface area contributed by atoms with Crippen LogP contribution in [0.25, 0.3) is 0 Å². The maximum Gasteiger partial charge on any atom is 0.231 e. The predicted molar refractivity (Wildman–Crippen MR) is 92.6 cm³/mol. The second-order valence-corrected chi connectivity index (χ2v) is 5.55. The Hall–Kier alpha value is -2.99. The van der Waals surface area contributed by atoms with Gasteiger partial charge in [0.15, 0.2) is 11.5 Å². The summed E-state index contributed by atoms with van der Waals surface area (Å²) in [5, 5.41) is 7.07. The molecule has 4 rings (SSSR count). The Morgan fingerprint density at radius 2 is 1.58 bits per heavy atom. The monoisotopic (exact) mass is 340 g/mol. The van der Waals surface area contributed by atoms with Crippen LogP contribution in [0.15, 0.2) is 54.9 Å². The zero-order valence-corrected chi connectivity index (χ0v) is 13.2. The van der Waals surface area contributed by atoms with E-state index in [0.29, 0.717) is 22.4 Å². The van der Waals surface area contributed by atoms with Gasteiger partial charge in [0.25, 0.3) is 0 Å². The van der Waals surface area contributed by atoms with E-state index in [1.807, 2.05) is 48.5 Å². The molecule has 0 amide bonds. The van der Waals surface area contributed by atoms with Crippen molar-refractivity contribution in [3.8, 4) is 11.5 Å². The van der Waals surface area contributed by atoms with Gasteiger partial charge in [-0.15, -0.1) is 0 Å². The van der Waals surface area contributed by atoms with E-state index in [-0.39, 0.29) is 6.79 Å². The molecule has 0 radical (unpaired) electrons. The molecule has 2 N–H and O–H groups in total. The SMILES string of the molecule is Clc1cccc(Nc2cc(Nc3ccc4c(c3)OCO4)ncn2)c1. The lowest BCUT2D eigenvalue weighted by atomic mass is 10.3. The van der Waals surface area contributed by atoms with Crippen molar-refractivity contribution < 1.29 is 9.47 Å². The average Bonchev–Trinajstić information content (AvgIpc) is 3.03. The summed E-state index contributed by atoms with van der Waals surface area (Å²) in [6.45, 7) is 0.250. The standard InChI is InChI=1S/C17H13ClN4O2/c18-11-2-1-3-12(6-11)21-16-8-17(20-9-19-16)22-13-4-5-14-15(7-13)24-10-23-14/h1-9H,10H2,(H2,19,20,21,22). The van der Waals surface area contributed by atoms with E-state index in [9.17, 15) is 0 Å². The van der Waals surface area contributed by atoms with Crippen LogP contribution >= 0.6 is 11.6 Å². The van der Waals surface area contributed by atoms with E-state index >= 15 is 0 Å². The number of benzene rings is 2. The van der Waals surface area contributed by atoms with Gasteiger partial charge in [-0.1, -0.05) is 17.7 Å². The normalized spacial score (nSPS) is 12.0. The van der Waals surface area contributed by atoms with Gasteiger partial charge in [-0.2, -0.15) is 0 Å². The number of fused-ring (bicyclic) bond motifs is 1. The molecule has 1 aliphatic heterocycles. The number of nitrogens with zero attached hydrogens (tertiary/aromatic N) is 2. The molecule has 0 saturated carbocycles. The largest absolute Gasteiger partial charge is 0.454 e. The third-order valence-corrected chi connectivity index (χ3v) is 3.64. The van der Waals surface area contributed by atoms with Crippen LogP contribution in [-0.2, 0) is 0 Å². The van der Waals surface area contributed by atoms with Gasteiger partial charge in [-0.25, -0.2) is 9.97 Å². The van der Waals surface area contributed by atoms with Gasteiger partial charge in [-0.05, 0) is 30.3 Å². The van der Waals surface area contributed by atoms with Crippen LogP contribution in [0.1, 0.15) is 0 Å². The summed E-state index contributed by atoms with van der Waals surface area (Å²) in [4.78, 5) is 8.44. The highest BCUT2D eigenvalue weighted by atomic mass is 35.5. The minimum Gasteiger partial charge on any atom is -0.454 e. The fourth-order valence-corrected chi connectivity index (χ4v) is 2.52. The van der Waals surface area contributed by atoms with Crippen LogP contribution in [-0.4, -0.2) is 16.8 Å². The third-order valence-electron chi connectivity index (χ3n) is 3.41. The van der Waals surface area contributed by atoms with Crippen LogP contribution in [0.2, 0.25) is 5.02 Å². The second-order valence-electron chi connectivity index (χ2n) is 5.12. The number of anilines is 4. The molecule has 7 heteroatoms. The minimum absolute atomic E-state index is 0.250. The molecule has 0 aliphatic carbocycles. The highest BCUT2D eigenvalue weighted by Gasteiger charge is 2.13. The van der Waals surface area contributed by atoms with Crippen molar-refractivity contribution in [2.45, 2.75) is 0 Å². The number of aromatic nitrogens is 2. The van der Waals surface area contributed by atoms with Crippen molar-refractivity contribution >= 4 is 34.6 Å². The van der Waals surface area contributed by atoms with Gasteiger partial charge in [0, 0.05) is 28.5 Å². The molecule has 2 heterocycles. The lowest BCUT2D eigenvalue weighted by Crippen LogP contribution is -1.98. The first-order valence-electron chi connectivity index (χ1n) is 7.27. The summed E-state index contributed by atoms with van der Waals surface area (Å²) < 4.78 is 10.7. The molecule has 0 bridgehead atoms. The summed E-state index contributed by atoms with van der Waals surface area (Å²) in [6.07, 6.45) is 1.49. The van der Waals surface area contributed by atoms with Crippen LogP contribution in [0.5, 0.6) is 11.5 Å². The lowest BCUT2D eigenvalue weighted by Gasteiger charge is -2.09. The van der Waals surface area contributed by atoms with E-state index in [1.54, 1.807) is 0 Å². The topological polar surface area (TPSA) is 68.3 Å². The number of rotatable bonds is 4. The van der Waals surface area contributed by atoms with Crippen LogP contribution in [0.3, 0.4) is 0 Å². The number of ether oxygens (including phenoxy) is 2. The molecule has 1 aromatic heterocycles. The molecule has 2 aromatic carbocycles. The maximum atomic E-state index is 5.99. The quantitative estimate of drug-likeness (QED) is 0.736. The summed E-state index contributed by atoms with van der Waals surface area (Å²) in [6, 6.07) is 14.9. The molecule has 3 aromatic rings. The Morgan fingerprint density at radius 1 is 0.833 bits per heavy atom. The van der Waals surface area contributed by atoms with Gasteiger partial charge in [-0.3, -0.25) is 0 Å². The van der Waals surface area contributed by atoms with Gasteiger partial charge in [0.2, 0.25) is 6.79 Å². The first-order chi connectivity index (χ1) is 11.8. The van der Waals surface area contributed by atoms with Gasteiger partial charge in [0.1, 0.15) is 18.0 Å². The molecular weight excluding hydrogens is 328 g/mol. The van der Waals surface area contributed by atoms with Gasteiger partial charge >= 0.3 is 0 Å². The Balaban J connectivity index is 1.52. The highest BCUT2D eigenvalue weighted by molar-refractivity contribution is 6.30. The zero-order valence-electron chi connectivity index (χ0n) is 12.5. The fourth-order valence-electron chi connectivity index (χ4n) is 2.33. The first kappa shape index (κ1) is 14.6. The number of hydrogen-bond acceptors (Lipinski definition) is 6. The van der Waals surface area contributed by atoms with Gasteiger partial charge in [0.05, 0.1) is 0 Å². The van der Waals surface area contributed by atoms with Crippen molar-refractivity contribution in [1.29, 1.82) is 0 Å².